The fraction of sp³-hybridized carbons (Fsp3) is 0.579. The van der Waals surface area contributed by atoms with Gasteiger partial charge in [0.25, 0.3) is 6.08 Å². The summed E-state index contributed by atoms with van der Waals surface area (Å²) in [6.45, 7) is 2.23. The molecule has 21 heavy (non-hydrogen) atoms. The van der Waals surface area contributed by atoms with Gasteiger partial charge in [0.15, 0.2) is 0 Å². The lowest BCUT2D eigenvalue weighted by Crippen LogP contribution is -2.11. The Kier molecular flexibility index (Phi) is 6.41. The minimum Gasteiger partial charge on any atom is -0.174 e. The van der Waals surface area contributed by atoms with Gasteiger partial charge in [0.2, 0.25) is 0 Å². The maximum atomic E-state index is 12.3. The summed E-state index contributed by atoms with van der Waals surface area (Å²) in [5.74, 6) is 0.640. The van der Waals surface area contributed by atoms with E-state index in [1.54, 1.807) is 0 Å². The summed E-state index contributed by atoms with van der Waals surface area (Å²) in [5.41, 5.74) is 2.81. The van der Waals surface area contributed by atoms with Crippen molar-refractivity contribution in [1.82, 2.24) is 0 Å². The van der Waals surface area contributed by atoms with E-state index in [1.807, 2.05) is 0 Å². The first kappa shape index (κ1) is 16.2. The van der Waals surface area contributed by atoms with Crippen LogP contribution in [0.4, 0.5) is 8.78 Å². The van der Waals surface area contributed by atoms with Crippen molar-refractivity contribution in [3.05, 3.63) is 47.5 Å². The Hall–Kier alpha value is -1.18. The minimum absolute atomic E-state index is 0.0829. The molecule has 0 unspecified atom stereocenters. The third kappa shape index (κ3) is 5.26. The third-order valence-electron chi connectivity index (χ3n) is 4.65. The first-order valence-corrected chi connectivity index (χ1v) is 8.30. The lowest BCUT2D eigenvalue weighted by Gasteiger charge is -2.27. The third-order valence-corrected chi connectivity index (χ3v) is 4.65. The summed E-state index contributed by atoms with van der Waals surface area (Å²) >= 11 is 0. The number of unbranched alkanes of at least 4 members (excludes halogenated alkanes) is 2. The van der Waals surface area contributed by atoms with Crippen LogP contribution in [0.5, 0.6) is 0 Å². The molecular weight excluding hydrogens is 266 g/mol. The second kappa shape index (κ2) is 8.31. The van der Waals surface area contributed by atoms with E-state index in [9.17, 15) is 8.78 Å². The first-order valence-electron chi connectivity index (χ1n) is 8.30. The van der Waals surface area contributed by atoms with Crippen LogP contribution in [0, 0.1) is 5.92 Å². The zero-order valence-corrected chi connectivity index (χ0v) is 13.0. The summed E-state index contributed by atoms with van der Waals surface area (Å²) in [7, 11) is 0. The maximum Gasteiger partial charge on any atom is 0.266 e. The molecule has 1 saturated carbocycles. The molecule has 1 aromatic carbocycles. The van der Waals surface area contributed by atoms with Crippen LogP contribution in [0.25, 0.3) is 0 Å². The number of hydrogen-bond donors (Lipinski definition) is 0. The molecule has 1 fully saturated rings. The average Bonchev–Trinajstić information content (AvgIpc) is 2.49. The van der Waals surface area contributed by atoms with Crippen molar-refractivity contribution in [3.63, 3.8) is 0 Å². The van der Waals surface area contributed by atoms with Crippen molar-refractivity contribution in [2.24, 2.45) is 5.92 Å². The lowest BCUT2D eigenvalue weighted by atomic mass is 9.78. The Labute approximate surface area is 127 Å². The molecule has 0 aromatic heterocycles. The highest BCUT2D eigenvalue weighted by molar-refractivity contribution is 5.26. The van der Waals surface area contributed by atoms with Crippen LogP contribution in [-0.4, -0.2) is 0 Å². The second-order valence-corrected chi connectivity index (χ2v) is 6.27. The van der Waals surface area contributed by atoms with Gasteiger partial charge < -0.3 is 0 Å². The van der Waals surface area contributed by atoms with Crippen LogP contribution in [-0.2, 0) is 6.42 Å². The molecule has 2 heteroatoms. The Bertz CT molecular complexity index is 435. The van der Waals surface area contributed by atoms with Crippen LogP contribution in [0.1, 0.15) is 68.9 Å². The van der Waals surface area contributed by atoms with Crippen LogP contribution < -0.4 is 0 Å². The second-order valence-electron chi connectivity index (χ2n) is 6.27. The molecular formula is C19H26F2. The SMILES string of the molecule is CCCCCc1ccc([C@H]2CC[C@H](C=C(F)F)CC2)cc1. The molecule has 0 N–H and O–H groups in total. The van der Waals surface area contributed by atoms with Crippen molar-refractivity contribution in [1.29, 1.82) is 0 Å². The fourth-order valence-corrected chi connectivity index (χ4v) is 3.33. The fourth-order valence-electron chi connectivity index (χ4n) is 3.33. The summed E-state index contributed by atoms with van der Waals surface area (Å²) in [6, 6.07) is 8.99. The number of aryl methyl sites for hydroxylation is 1. The zero-order valence-electron chi connectivity index (χ0n) is 13.0. The van der Waals surface area contributed by atoms with Gasteiger partial charge in [-0.1, -0.05) is 44.0 Å². The highest BCUT2D eigenvalue weighted by atomic mass is 19.3. The van der Waals surface area contributed by atoms with E-state index in [0.29, 0.717) is 5.92 Å². The monoisotopic (exact) mass is 292 g/mol. The van der Waals surface area contributed by atoms with E-state index in [-0.39, 0.29) is 5.92 Å². The highest BCUT2D eigenvalue weighted by Crippen LogP contribution is 2.36. The molecule has 0 amide bonds. The van der Waals surface area contributed by atoms with E-state index in [2.05, 4.69) is 31.2 Å². The summed E-state index contributed by atoms with van der Waals surface area (Å²) in [4.78, 5) is 0. The predicted octanol–water partition coefficient (Wildman–Crippen LogP) is 6.47. The molecule has 0 aliphatic heterocycles. The highest BCUT2D eigenvalue weighted by Gasteiger charge is 2.21. The van der Waals surface area contributed by atoms with Gasteiger partial charge in [0.1, 0.15) is 0 Å². The normalized spacial score (nSPS) is 22.0. The molecule has 1 aromatic rings. The van der Waals surface area contributed by atoms with E-state index in [0.717, 1.165) is 31.8 Å². The quantitative estimate of drug-likeness (QED) is 0.527. The average molecular weight is 292 g/mol. The van der Waals surface area contributed by atoms with Gasteiger partial charge in [-0.2, -0.15) is 8.78 Å². The van der Waals surface area contributed by atoms with Gasteiger partial charge in [0, 0.05) is 0 Å². The van der Waals surface area contributed by atoms with Crippen LogP contribution in [0.3, 0.4) is 0 Å². The molecule has 0 radical (unpaired) electrons. The summed E-state index contributed by atoms with van der Waals surface area (Å²) in [6.07, 6.45) is 8.46. The molecule has 0 nitrogen and oxygen atoms in total. The number of hydrogen-bond acceptors (Lipinski definition) is 0. The largest absolute Gasteiger partial charge is 0.266 e. The molecule has 1 aliphatic rings. The van der Waals surface area contributed by atoms with Crippen molar-refractivity contribution in [2.45, 2.75) is 64.2 Å². The number of benzene rings is 1. The van der Waals surface area contributed by atoms with Crippen LogP contribution in [0.2, 0.25) is 0 Å². The molecule has 0 heterocycles. The van der Waals surface area contributed by atoms with Gasteiger partial charge >= 0.3 is 0 Å². The molecule has 0 saturated heterocycles. The number of rotatable bonds is 6. The molecule has 0 atom stereocenters. The van der Waals surface area contributed by atoms with Gasteiger partial charge in [-0.15, -0.1) is 0 Å². The van der Waals surface area contributed by atoms with E-state index in [4.69, 9.17) is 0 Å². The van der Waals surface area contributed by atoms with Gasteiger partial charge in [0.05, 0.1) is 0 Å². The number of halogens is 2. The topological polar surface area (TPSA) is 0 Å². The molecule has 2 rings (SSSR count). The van der Waals surface area contributed by atoms with Crippen molar-refractivity contribution >= 4 is 0 Å². The summed E-state index contributed by atoms with van der Waals surface area (Å²) in [5, 5.41) is 0. The zero-order chi connectivity index (χ0) is 15.1. The van der Waals surface area contributed by atoms with E-state index < -0.39 is 6.08 Å². The Balaban J connectivity index is 1.84. The van der Waals surface area contributed by atoms with Gasteiger partial charge in [-0.05, 0) is 67.6 Å². The smallest absolute Gasteiger partial charge is 0.174 e. The van der Waals surface area contributed by atoms with Crippen LogP contribution in [0.15, 0.2) is 36.4 Å². The van der Waals surface area contributed by atoms with E-state index >= 15 is 0 Å². The Morgan fingerprint density at radius 2 is 1.71 bits per heavy atom. The Morgan fingerprint density at radius 3 is 2.29 bits per heavy atom. The standard InChI is InChI=1S/C19H26F2/c1-2-3-4-5-15-6-10-17(11-7-15)18-12-8-16(9-13-18)14-19(20)21/h6-7,10-11,14,16,18H,2-5,8-9,12-13H2,1H3/t16-,18-. The molecule has 1 aliphatic carbocycles. The van der Waals surface area contributed by atoms with Crippen molar-refractivity contribution in [2.75, 3.05) is 0 Å². The van der Waals surface area contributed by atoms with Crippen molar-refractivity contribution < 1.29 is 8.78 Å². The number of allylic oxidation sites excluding steroid dienone is 1. The maximum absolute atomic E-state index is 12.3. The van der Waals surface area contributed by atoms with Crippen LogP contribution >= 0.6 is 0 Å². The van der Waals surface area contributed by atoms with Gasteiger partial charge in [-0.25, -0.2) is 0 Å². The van der Waals surface area contributed by atoms with Gasteiger partial charge in [-0.3, -0.25) is 0 Å². The van der Waals surface area contributed by atoms with E-state index in [1.165, 1.54) is 36.8 Å². The summed E-state index contributed by atoms with van der Waals surface area (Å²) < 4.78 is 24.5. The Morgan fingerprint density at radius 1 is 1.05 bits per heavy atom. The minimum atomic E-state index is -1.52. The molecule has 116 valence electrons. The first-order chi connectivity index (χ1) is 10.2. The predicted molar refractivity (Wildman–Crippen MR) is 84.7 cm³/mol. The van der Waals surface area contributed by atoms with Crippen molar-refractivity contribution in [3.8, 4) is 0 Å². The molecule has 0 spiro atoms. The molecule has 0 bridgehead atoms. The lowest BCUT2D eigenvalue weighted by molar-refractivity contribution is 0.351.